The normalized spacial score (nSPS) is 23.6. The van der Waals surface area contributed by atoms with Gasteiger partial charge in [-0.1, -0.05) is 84.9 Å². The van der Waals surface area contributed by atoms with Crippen LogP contribution in [0.25, 0.3) is 11.1 Å². The number of hydrogen-bond donors (Lipinski definition) is 1. The van der Waals surface area contributed by atoms with Gasteiger partial charge in [-0.2, -0.15) is 0 Å². The molecule has 0 aliphatic carbocycles. The van der Waals surface area contributed by atoms with Crippen molar-refractivity contribution in [2.45, 2.75) is 30.7 Å². The number of rotatable bonds is 5. The molecule has 5 nitrogen and oxygen atoms in total. The first-order valence-corrected chi connectivity index (χ1v) is 13.2. The van der Waals surface area contributed by atoms with Crippen LogP contribution < -0.4 is 5.32 Å². The molecule has 0 saturated carbocycles. The Morgan fingerprint density at radius 1 is 0.811 bits per heavy atom. The molecule has 1 amide bonds. The Labute approximate surface area is 218 Å². The highest BCUT2D eigenvalue weighted by Gasteiger charge is 2.41. The van der Waals surface area contributed by atoms with Crippen molar-refractivity contribution in [3.8, 4) is 11.1 Å². The first-order chi connectivity index (χ1) is 18.3. The molecule has 2 aliphatic heterocycles. The second-order valence-electron chi connectivity index (χ2n) is 10.2. The molecular formula is C32H32N4O. The van der Waals surface area contributed by atoms with Gasteiger partial charge < -0.3 is 10.2 Å². The van der Waals surface area contributed by atoms with E-state index >= 15 is 0 Å². The van der Waals surface area contributed by atoms with E-state index in [0.29, 0.717) is 12.5 Å². The molecule has 4 aromatic rings. The fourth-order valence-electron chi connectivity index (χ4n) is 6.25. The van der Waals surface area contributed by atoms with E-state index in [4.69, 9.17) is 0 Å². The Kier molecular flexibility index (Phi) is 6.78. The van der Waals surface area contributed by atoms with Crippen molar-refractivity contribution in [2.75, 3.05) is 19.6 Å². The highest BCUT2D eigenvalue weighted by atomic mass is 16.2. The van der Waals surface area contributed by atoms with Gasteiger partial charge in [-0.15, -0.1) is 0 Å². The number of piperidine rings is 1. The third kappa shape index (κ3) is 4.79. The standard InChI is InChI=1S/C32H32N4O/c37-32(30-21-33-20-29(30)28-14-8-7-13-27(28)26-18-34-22-35-19-26)36-16-15-25(23-9-3-1-4-10-23)17-31(36)24-11-5-2-6-12-24/h1-14,18-19,22,25,29-31,33H,15-17,20-21H2/t25-,29-,30+,31+/m0/s1. The number of nitrogens with one attached hydrogen (secondary N) is 1. The molecule has 3 heterocycles. The summed E-state index contributed by atoms with van der Waals surface area (Å²) in [5.74, 6) is 0.707. The zero-order valence-corrected chi connectivity index (χ0v) is 20.9. The molecule has 0 unspecified atom stereocenters. The van der Waals surface area contributed by atoms with Crippen LogP contribution in [0.2, 0.25) is 0 Å². The summed E-state index contributed by atoms with van der Waals surface area (Å²) in [6, 6.07) is 29.8. The van der Waals surface area contributed by atoms with Gasteiger partial charge in [0, 0.05) is 43.5 Å². The number of carbonyl (C=O) groups excluding carboxylic acids is 1. The third-order valence-electron chi connectivity index (χ3n) is 8.10. The summed E-state index contributed by atoms with van der Waals surface area (Å²) in [6.07, 6.45) is 7.19. The lowest BCUT2D eigenvalue weighted by molar-refractivity contribution is -0.139. The Hall–Kier alpha value is -3.83. The lowest BCUT2D eigenvalue weighted by Crippen LogP contribution is -2.45. The van der Waals surface area contributed by atoms with Gasteiger partial charge in [0.1, 0.15) is 6.33 Å². The molecule has 1 aromatic heterocycles. The van der Waals surface area contributed by atoms with E-state index in [1.165, 1.54) is 16.7 Å². The fraction of sp³-hybridized carbons (Fsp3) is 0.281. The molecule has 0 bridgehead atoms. The van der Waals surface area contributed by atoms with Gasteiger partial charge in [0.15, 0.2) is 0 Å². The van der Waals surface area contributed by atoms with Crippen molar-refractivity contribution < 1.29 is 4.79 Å². The second-order valence-corrected chi connectivity index (χ2v) is 10.2. The molecular weight excluding hydrogens is 456 g/mol. The number of likely N-dealkylation sites (tertiary alicyclic amines) is 1. The molecule has 2 fully saturated rings. The van der Waals surface area contributed by atoms with Gasteiger partial charge in [-0.3, -0.25) is 4.79 Å². The number of amides is 1. The molecule has 37 heavy (non-hydrogen) atoms. The van der Waals surface area contributed by atoms with E-state index in [2.05, 4.69) is 93.0 Å². The van der Waals surface area contributed by atoms with Crippen molar-refractivity contribution in [3.63, 3.8) is 0 Å². The van der Waals surface area contributed by atoms with Crippen LogP contribution in [0.5, 0.6) is 0 Å². The Balaban J connectivity index is 1.31. The van der Waals surface area contributed by atoms with Gasteiger partial charge >= 0.3 is 0 Å². The lowest BCUT2D eigenvalue weighted by Gasteiger charge is -2.42. The third-order valence-corrected chi connectivity index (χ3v) is 8.10. The average molecular weight is 489 g/mol. The van der Waals surface area contributed by atoms with Gasteiger partial charge in [0.25, 0.3) is 0 Å². The topological polar surface area (TPSA) is 58.1 Å². The molecule has 0 radical (unpaired) electrons. The van der Waals surface area contributed by atoms with Crippen LogP contribution in [0.15, 0.2) is 104 Å². The number of aromatic nitrogens is 2. The Morgan fingerprint density at radius 3 is 2.24 bits per heavy atom. The highest BCUT2D eigenvalue weighted by molar-refractivity contribution is 5.82. The molecule has 6 rings (SSSR count). The zero-order chi connectivity index (χ0) is 25.0. The minimum absolute atomic E-state index is 0.0756. The summed E-state index contributed by atoms with van der Waals surface area (Å²) < 4.78 is 0. The van der Waals surface area contributed by atoms with Gasteiger partial charge in [0.05, 0.1) is 12.0 Å². The molecule has 1 N–H and O–H groups in total. The van der Waals surface area contributed by atoms with Crippen LogP contribution in [0.3, 0.4) is 0 Å². The molecule has 2 saturated heterocycles. The van der Waals surface area contributed by atoms with E-state index < -0.39 is 0 Å². The van der Waals surface area contributed by atoms with E-state index in [-0.39, 0.29) is 23.8 Å². The van der Waals surface area contributed by atoms with Crippen LogP contribution in [-0.2, 0) is 4.79 Å². The summed E-state index contributed by atoms with van der Waals surface area (Å²) in [6.45, 7) is 2.26. The van der Waals surface area contributed by atoms with E-state index in [1.807, 2.05) is 24.5 Å². The maximum atomic E-state index is 14.3. The summed E-state index contributed by atoms with van der Waals surface area (Å²) >= 11 is 0. The van der Waals surface area contributed by atoms with Crippen LogP contribution in [0.1, 0.15) is 47.4 Å². The zero-order valence-electron chi connectivity index (χ0n) is 20.9. The van der Waals surface area contributed by atoms with E-state index in [0.717, 1.165) is 37.1 Å². The largest absolute Gasteiger partial charge is 0.335 e. The van der Waals surface area contributed by atoms with E-state index in [1.54, 1.807) is 6.33 Å². The van der Waals surface area contributed by atoms with Crippen LogP contribution in [0.4, 0.5) is 0 Å². The molecule has 2 aliphatic rings. The predicted octanol–water partition coefficient (Wildman–Crippen LogP) is 5.59. The minimum atomic E-state index is -0.106. The predicted molar refractivity (Wildman–Crippen MR) is 146 cm³/mol. The lowest BCUT2D eigenvalue weighted by atomic mass is 9.80. The first kappa shape index (κ1) is 23.6. The molecule has 4 atom stereocenters. The average Bonchev–Trinajstić information content (AvgIpc) is 3.48. The summed E-state index contributed by atoms with van der Waals surface area (Å²) in [4.78, 5) is 25.0. The summed E-state index contributed by atoms with van der Waals surface area (Å²) in [5, 5.41) is 3.53. The minimum Gasteiger partial charge on any atom is -0.335 e. The van der Waals surface area contributed by atoms with Crippen molar-refractivity contribution in [1.82, 2.24) is 20.2 Å². The van der Waals surface area contributed by atoms with Crippen LogP contribution in [0, 0.1) is 5.92 Å². The number of carbonyl (C=O) groups is 1. The van der Waals surface area contributed by atoms with Crippen LogP contribution >= 0.6 is 0 Å². The number of benzene rings is 3. The van der Waals surface area contributed by atoms with Gasteiger partial charge in [-0.05, 0) is 41.0 Å². The molecule has 0 spiro atoms. The summed E-state index contributed by atoms with van der Waals surface area (Å²) in [7, 11) is 0. The maximum Gasteiger partial charge on any atom is 0.228 e. The smallest absolute Gasteiger partial charge is 0.228 e. The molecule has 5 heteroatoms. The fourth-order valence-corrected chi connectivity index (χ4v) is 6.25. The monoisotopic (exact) mass is 488 g/mol. The van der Waals surface area contributed by atoms with Crippen LogP contribution in [-0.4, -0.2) is 40.4 Å². The quantitative estimate of drug-likeness (QED) is 0.398. The SMILES string of the molecule is O=C([C@@H]1CNC[C@H]1c1ccccc1-c1cncnc1)N1CC[C@H](c2ccccc2)C[C@@H]1c1ccccc1. The maximum absolute atomic E-state index is 14.3. The molecule has 186 valence electrons. The Bertz CT molecular complexity index is 1330. The Morgan fingerprint density at radius 2 is 1.49 bits per heavy atom. The molecule has 3 aromatic carbocycles. The van der Waals surface area contributed by atoms with Crippen molar-refractivity contribution >= 4 is 5.91 Å². The van der Waals surface area contributed by atoms with Crippen molar-refractivity contribution in [1.29, 1.82) is 0 Å². The van der Waals surface area contributed by atoms with Crippen molar-refractivity contribution in [2.24, 2.45) is 5.92 Å². The summed E-state index contributed by atoms with van der Waals surface area (Å²) in [5.41, 5.74) is 5.88. The van der Waals surface area contributed by atoms with Gasteiger partial charge in [0.2, 0.25) is 5.91 Å². The highest BCUT2D eigenvalue weighted by Crippen LogP contribution is 2.42. The second kappa shape index (κ2) is 10.7. The van der Waals surface area contributed by atoms with E-state index in [9.17, 15) is 4.79 Å². The number of hydrogen-bond acceptors (Lipinski definition) is 4. The van der Waals surface area contributed by atoms with Gasteiger partial charge in [-0.25, -0.2) is 9.97 Å². The van der Waals surface area contributed by atoms with Crippen molar-refractivity contribution in [3.05, 3.63) is 120 Å². The number of nitrogens with zero attached hydrogens (tertiary/aromatic N) is 3. The first-order valence-electron chi connectivity index (χ1n) is 13.2.